The zero-order chi connectivity index (χ0) is 20.0. The van der Waals surface area contributed by atoms with Gasteiger partial charge in [-0.05, 0) is 49.9 Å². The van der Waals surface area contributed by atoms with Gasteiger partial charge < -0.3 is 14.2 Å². The van der Waals surface area contributed by atoms with Crippen molar-refractivity contribution in [2.75, 3.05) is 6.54 Å². The maximum Gasteiger partial charge on any atom is 0.291 e. The number of halogens is 1. The lowest BCUT2D eigenvalue weighted by molar-refractivity contribution is 0.0702. The van der Waals surface area contributed by atoms with Crippen molar-refractivity contribution in [1.82, 2.24) is 24.6 Å². The second kappa shape index (κ2) is 6.95. The Morgan fingerprint density at radius 1 is 1.28 bits per heavy atom. The van der Waals surface area contributed by atoms with Crippen LogP contribution in [-0.4, -0.2) is 37.1 Å². The van der Waals surface area contributed by atoms with E-state index in [1.165, 1.54) is 31.5 Å². The van der Waals surface area contributed by atoms with Gasteiger partial charge in [-0.25, -0.2) is 9.37 Å². The van der Waals surface area contributed by atoms with Crippen molar-refractivity contribution in [3.63, 3.8) is 0 Å². The Morgan fingerprint density at radius 2 is 2.14 bits per heavy atom. The molecule has 2 aliphatic rings. The summed E-state index contributed by atoms with van der Waals surface area (Å²) in [5.74, 6) is 0.738. The predicted molar refractivity (Wildman–Crippen MR) is 103 cm³/mol. The van der Waals surface area contributed by atoms with E-state index in [0.29, 0.717) is 29.7 Å². The molecule has 0 bridgehead atoms. The Labute approximate surface area is 167 Å². The van der Waals surface area contributed by atoms with Crippen molar-refractivity contribution >= 4 is 5.91 Å². The minimum Gasteiger partial charge on any atom is -0.434 e. The molecule has 148 valence electrons. The van der Waals surface area contributed by atoms with Crippen molar-refractivity contribution in [2.45, 2.75) is 32.9 Å². The minimum absolute atomic E-state index is 0.0469. The largest absolute Gasteiger partial charge is 0.434 e. The predicted octanol–water partition coefficient (Wildman–Crippen LogP) is 3.79. The molecule has 5 rings (SSSR count). The number of amides is 1. The van der Waals surface area contributed by atoms with Crippen LogP contribution in [0, 0.1) is 18.7 Å². The summed E-state index contributed by atoms with van der Waals surface area (Å²) in [5.41, 5.74) is 2.12. The van der Waals surface area contributed by atoms with E-state index >= 15 is 0 Å². The summed E-state index contributed by atoms with van der Waals surface area (Å²) in [6.07, 6.45) is 5.11. The summed E-state index contributed by atoms with van der Waals surface area (Å²) < 4.78 is 22.1. The highest BCUT2D eigenvalue weighted by molar-refractivity contribution is 5.94. The summed E-state index contributed by atoms with van der Waals surface area (Å²) in [5, 5.41) is 7.52. The number of aromatic nitrogens is 4. The summed E-state index contributed by atoms with van der Waals surface area (Å²) in [6.45, 7) is 3.06. The molecular formula is C21H20FN5O2. The number of carbonyl (C=O) groups excluding carboxylic acids is 1. The van der Waals surface area contributed by atoms with Gasteiger partial charge in [0.25, 0.3) is 5.91 Å². The SMILES string of the molecule is Cc1nc2n(c1-c1ccc(Oc3cccnn3)c(F)c1)CN(CC1CCC1)C2=O. The molecule has 29 heavy (non-hydrogen) atoms. The number of rotatable bonds is 5. The Balaban J connectivity index is 1.43. The Hall–Kier alpha value is -3.29. The number of imidazole rings is 1. The van der Waals surface area contributed by atoms with E-state index in [9.17, 15) is 9.18 Å². The average Bonchev–Trinajstić information content (AvgIpc) is 3.16. The smallest absolute Gasteiger partial charge is 0.291 e. The van der Waals surface area contributed by atoms with E-state index < -0.39 is 5.82 Å². The third-order valence-electron chi connectivity index (χ3n) is 5.60. The molecule has 1 aromatic carbocycles. The Bertz CT molecular complexity index is 1080. The summed E-state index contributed by atoms with van der Waals surface area (Å²) in [4.78, 5) is 19.0. The molecular weight excluding hydrogens is 373 g/mol. The van der Waals surface area contributed by atoms with Gasteiger partial charge >= 0.3 is 0 Å². The van der Waals surface area contributed by atoms with Crippen LogP contribution >= 0.6 is 0 Å². The molecule has 3 aromatic rings. The monoisotopic (exact) mass is 393 g/mol. The second-order valence-electron chi connectivity index (χ2n) is 7.57. The summed E-state index contributed by atoms with van der Waals surface area (Å²) >= 11 is 0. The van der Waals surface area contributed by atoms with Gasteiger partial charge in [-0.2, -0.15) is 5.10 Å². The van der Waals surface area contributed by atoms with E-state index in [-0.39, 0.29) is 17.5 Å². The summed E-state index contributed by atoms with van der Waals surface area (Å²) in [6, 6.07) is 8.01. The van der Waals surface area contributed by atoms with E-state index in [1.807, 2.05) is 16.4 Å². The van der Waals surface area contributed by atoms with Gasteiger partial charge in [0, 0.05) is 24.4 Å². The summed E-state index contributed by atoms with van der Waals surface area (Å²) in [7, 11) is 0. The van der Waals surface area contributed by atoms with Crippen molar-refractivity contribution in [3.8, 4) is 22.9 Å². The van der Waals surface area contributed by atoms with Crippen LogP contribution in [0.5, 0.6) is 11.6 Å². The highest BCUT2D eigenvalue weighted by atomic mass is 19.1. The third kappa shape index (κ3) is 3.14. The van der Waals surface area contributed by atoms with Crippen molar-refractivity contribution in [3.05, 3.63) is 53.9 Å². The molecule has 0 spiro atoms. The standard InChI is InChI=1S/C21H20FN5O2/c1-13-19(27-12-26(11-14-4-2-5-14)21(28)20(27)24-13)15-7-8-17(16(22)10-15)29-18-6-3-9-23-25-18/h3,6-10,14H,2,4-5,11-12H2,1H3. The first kappa shape index (κ1) is 17.8. The molecule has 3 heterocycles. The van der Waals surface area contributed by atoms with Gasteiger partial charge in [0.2, 0.25) is 11.7 Å². The number of fused-ring (bicyclic) bond motifs is 1. The van der Waals surface area contributed by atoms with Gasteiger partial charge in [0.1, 0.15) is 0 Å². The maximum absolute atomic E-state index is 14.7. The molecule has 0 atom stereocenters. The van der Waals surface area contributed by atoms with Gasteiger partial charge in [-0.3, -0.25) is 4.79 Å². The first-order chi connectivity index (χ1) is 14.1. The van der Waals surface area contributed by atoms with Crippen LogP contribution < -0.4 is 4.74 Å². The van der Waals surface area contributed by atoms with Crippen LogP contribution in [0.3, 0.4) is 0 Å². The molecule has 2 aromatic heterocycles. The molecule has 1 aliphatic carbocycles. The molecule has 0 N–H and O–H groups in total. The molecule has 1 fully saturated rings. The normalized spacial score (nSPS) is 16.1. The molecule has 0 radical (unpaired) electrons. The van der Waals surface area contributed by atoms with Gasteiger partial charge in [-0.1, -0.05) is 6.42 Å². The fraction of sp³-hybridized carbons (Fsp3) is 0.333. The first-order valence-corrected chi connectivity index (χ1v) is 9.72. The van der Waals surface area contributed by atoms with Gasteiger partial charge in [0.15, 0.2) is 11.6 Å². The van der Waals surface area contributed by atoms with Gasteiger partial charge in [-0.15, -0.1) is 5.10 Å². The lowest BCUT2D eigenvalue weighted by Crippen LogP contribution is -2.33. The van der Waals surface area contributed by atoms with Crippen molar-refractivity contribution in [2.24, 2.45) is 5.92 Å². The molecule has 0 unspecified atom stereocenters. The van der Waals surface area contributed by atoms with E-state index in [0.717, 1.165) is 12.2 Å². The number of nitrogens with zero attached hydrogens (tertiary/aromatic N) is 5. The Kier molecular flexibility index (Phi) is 4.26. The molecule has 0 saturated heterocycles. The van der Waals surface area contributed by atoms with Crippen LogP contribution in [0.4, 0.5) is 4.39 Å². The van der Waals surface area contributed by atoms with Crippen molar-refractivity contribution < 1.29 is 13.9 Å². The zero-order valence-electron chi connectivity index (χ0n) is 16.0. The zero-order valence-corrected chi connectivity index (χ0v) is 16.0. The van der Waals surface area contributed by atoms with E-state index in [1.54, 1.807) is 24.3 Å². The highest BCUT2D eigenvalue weighted by Gasteiger charge is 2.35. The molecule has 7 nitrogen and oxygen atoms in total. The van der Waals surface area contributed by atoms with Crippen LogP contribution in [0.1, 0.15) is 35.6 Å². The molecule has 8 heteroatoms. The molecule has 1 amide bonds. The highest BCUT2D eigenvalue weighted by Crippen LogP contribution is 2.34. The van der Waals surface area contributed by atoms with Gasteiger partial charge in [0.05, 0.1) is 18.1 Å². The fourth-order valence-corrected chi connectivity index (χ4v) is 3.93. The number of carbonyl (C=O) groups is 1. The van der Waals surface area contributed by atoms with Crippen LogP contribution in [-0.2, 0) is 6.67 Å². The topological polar surface area (TPSA) is 73.1 Å². The first-order valence-electron chi connectivity index (χ1n) is 9.72. The molecule has 1 saturated carbocycles. The Morgan fingerprint density at radius 3 is 2.83 bits per heavy atom. The third-order valence-corrected chi connectivity index (χ3v) is 5.60. The number of hydrogen-bond donors (Lipinski definition) is 0. The lowest BCUT2D eigenvalue weighted by Gasteiger charge is -2.29. The fourth-order valence-electron chi connectivity index (χ4n) is 3.93. The van der Waals surface area contributed by atoms with E-state index in [4.69, 9.17) is 4.74 Å². The van der Waals surface area contributed by atoms with Crippen LogP contribution in [0.15, 0.2) is 36.5 Å². The van der Waals surface area contributed by atoms with Crippen LogP contribution in [0.25, 0.3) is 11.3 Å². The number of benzene rings is 1. The van der Waals surface area contributed by atoms with Crippen LogP contribution in [0.2, 0.25) is 0 Å². The number of ether oxygens (including phenoxy) is 1. The maximum atomic E-state index is 14.7. The second-order valence-corrected chi connectivity index (χ2v) is 7.57. The van der Waals surface area contributed by atoms with Crippen molar-refractivity contribution in [1.29, 1.82) is 0 Å². The number of hydrogen-bond acceptors (Lipinski definition) is 5. The molecule has 1 aliphatic heterocycles. The number of aryl methyl sites for hydroxylation is 1. The lowest BCUT2D eigenvalue weighted by atomic mass is 9.85. The average molecular weight is 393 g/mol. The quantitative estimate of drug-likeness (QED) is 0.659. The van der Waals surface area contributed by atoms with E-state index in [2.05, 4.69) is 15.2 Å². The minimum atomic E-state index is -0.515.